The van der Waals surface area contributed by atoms with Gasteiger partial charge in [-0.2, -0.15) is 8.78 Å². The Bertz CT molecular complexity index is 1500. The molecule has 5 rings (SSSR count). The lowest BCUT2D eigenvalue weighted by molar-refractivity contribution is -0.120. The molecule has 0 bridgehead atoms. The van der Waals surface area contributed by atoms with Crippen LogP contribution in [0.4, 0.5) is 14.7 Å². The van der Waals surface area contributed by atoms with Crippen molar-refractivity contribution in [2.45, 2.75) is 20.1 Å². The molecule has 186 valence electrons. The SMILES string of the molecule is Cc1cc2c(=O)n(C)n(Cc3ccccc3OC(F)F)c2cc1-c1cnc(N2CCNC(=O)C2)nc1. The highest BCUT2D eigenvalue weighted by Gasteiger charge is 2.20. The average molecular weight is 495 g/mol. The lowest BCUT2D eigenvalue weighted by Crippen LogP contribution is -2.48. The smallest absolute Gasteiger partial charge is 0.387 e. The summed E-state index contributed by atoms with van der Waals surface area (Å²) in [5.41, 5.74) is 3.43. The number of carbonyl (C=O) groups is 1. The number of benzene rings is 2. The summed E-state index contributed by atoms with van der Waals surface area (Å²) in [6.45, 7) is 0.484. The minimum atomic E-state index is -2.95. The van der Waals surface area contributed by atoms with Gasteiger partial charge >= 0.3 is 6.61 Å². The Balaban J connectivity index is 1.53. The number of halogens is 2. The van der Waals surface area contributed by atoms with Crippen LogP contribution in [0, 0.1) is 6.92 Å². The van der Waals surface area contributed by atoms with E-state index in [4.69, 9.17) is 0 Å². The molecule has 4 aromatic rings. The van der Waals surface area contributed by atoms with Crippen LogP contribution in [0.5, 0.6) is 5.75 Å². The van der Waals surface area contributed by atoms with E-state index in [1.807, 2.05) is 24.0 Å². The van der Waals surface area contributed by atoms with Crippen LogP contribution in [0.2, 0.25) is 0 Å². The van der Waals surface area contributed by atoms with Gasteiger partial charge in [-0.15, -0.1) is 0 Å². The molecule has 0 saturated carbocycles. The predicted octanol–water partition coefficient (Wildman–Crippen LogP) is 2.69. The Hall–Kier alpha value is -4.28. The number of aryl methyl sites for hydroxylation is 1. The van der Waals surface area contributed by atoms with Crippen molar-refractivity contribution in [2.75, 3.05) is 24.5 Å². The van der Waals surface area contributed by atoms with Crippen molar-refractivity contribution in [3.05, 3.63) is 70.3 Å². The van der Waals surface area contributed by atoms with E-state index in [0.717, 1.165) is 16.7 Å². The molecule has 2 aromatic heterocycles. The van der Waals surface area contributed by atoms with E-state index in [0.29, 0.717) is 35.5 Å². The van der Waals surface area contributed by atoms with E-state index in [-0.39, 0.29) is 30.3 Å². The zero-order chi connectivity index (χ0) is 25.4. The van der Waals surface area contributed by atoms with Gasteiger partial charge in [0.1, 0.15) is 5.75 Å². The summed E-state index contributed by atoms with van der Waals surface area (Å²) in [7, 11) is 1.64. The molecule has 2 aromatic carbocycles. The zero-order valence-electron chi connectivity index (χ0n) is 19.7. The number of fused-ring (bicyclic) bond motifs is 1. The first kappa shape index (κ1) is 23.5. The molecule has 9 nitrogen and oxygen atoms in total. The van der Waals surface area contributed by atoms with Crippen molar-refractivity contribution in [1.29, 1.82) is 0 Å². The van der Waals surface area contributed by atoms with Crippen LogP contribution in [-0.2, 0) is 18.4 Å². The number of hydrogen-bond acceptors (Lipinski definition) is 6. The second-order valence-electron chi connectivity index (χ2n) is 8.60. The molecule has 0 aliphatic carbocycles. The number of nitrogens with zero attached hydrogens (tertiary/aromatic N) is 5. The van der Waals surface area contributed by atoms with Crippen LogP contribution < -0.4 is 20.5 Å². The van der Waals surface area contributed by atoms with Gasteiger partial charge in [-0.25, -0.2) is 9.97 Å². The lowest BCUT2D eigenvalue weighted by Gasteiger charge is -2.26. The number of nitrogens with one attached hydrogen (secondary N) is 1. The van der Waals surface area contributed by atoms with Crippen LogP contribution >= 0.6 is 0 Å². The first-order chi connectivity index (χ1) is 17.3. The Morgan fingerprint density at radius 2 is 1.89 bits per heavy atom. The molecule has 1 aliphatic heterocycles. The van der Waals surface area contributed by atoms with Crippen molar-refractivity contribution in [3.63, 3.8) is 0 Å². The normalized spacial score (nSPS) is 13.9. The molecule has 36 heavy (non-hydrogen) atoms. The summed E-state index contributed by atoms with van der Waals surface area (Å²) in [5.74, 6) is 0.460. The highest BCUT2D eigenvalue weighted by atomic mass is 19.3. The molecular formula is C25H24F2N6O3. The van der Waals surface area contributed by atoms with Gasteiger partial charge in [0.05, 0.1) is 24.0 Å². The van der Waals surface area contributed by atoms with Crippen LogP contribution in [0.1, 0.15) is 11.1 Å². The molecule has 1 N–H and O–H groups in total. The van der Waals surface area contributed by atoms with Gasteiger partial charge < -0.3 is 15.0 Å². The summed E-state index contributed by atoms with van der Waals surface area (Å²) in [6.07, 6.45) is 3.39. The molecule has 1 fully saturated rings. The molecular weight excluding hydrogens is 470 g/mol. The topological polar surface area (TPSA) is 94.3 Å². The second kappa shape index (κ2) is 9.40. The van der Waals surface area contributed by atoms with Crippen LogP contribution in [0.3, 0.4) is 0 Å². The van der Waals surface area contributed by atoms with Gasteiger partial charge in [0.2, 0.25) is 11.9 Å². The number of piperazine rings is 1. The number of anilines is 1. The first-order valence-electron chi connectivity index (χ1n) is 11.4. The fourth-order valence-corrected chi connectivity index (χ4v) is 4.47. The van der Waals surface area contributed by atoms with Crippen molar-refractivity contribution >= 4 is 22.8 Å². The Morgan fingerprint density at radius 1 is 1.14 bits per heavy atom. The molecule has 3 heterocycles. The van der Waals surface area contributed by atoms with Crippen molar-refractivity contribution < 1.29 is 18.3 Å². The van der Waals surface area contributed by atoms with Crippen LogP contribution in [0.15, 0.2) is 53.6 Å². The molecule has 0 spiro atoms. The van der Waals surface area contributed by atoms with Gasteiger partial charge in [0.15, 0.2) is 0 Å². The highest BCUT2D eigenvalue weighted by Crippen LogP contribution is 2.29. The van der Waals surface area contributed by atoms with Crippen molar-refractivity contribution in [3.8, 4) is 16.9 Å². The molecule has 1 saturated heterocycles. The Morgan fingerprint density at radius 3 is 2.61 bits per heavy atom. The third-order valence-electron chi connectivity index (χ3n) is 6.29. The number of aromatic nitrogens is 4. The van der Waals surface area contributed by atoms with Gasteiger partial charge in [-0.3, -0.25) is 19.0 Å². The van der Waals surface area contributed by atoms with Gasteiger partial charge in [0.25, 0.3) is 5.56 Å². The number of rotatable bonds is 6. The standard InChI is InChI=1S/C25H24F2N6O3/c1-15-9-19-20(10-18(15)17-11-29-25(30-12-17)32-8-7-28-22(34)14-32)33(31(2)23(19)35)13-16-5-3-4-6-21(16)36-24(26)27/h3-6,9-12,24H,7-8,13-14H2,1-2H3,(H,28,34). The van der Waals surface area contributed by atoms with Crippen molar-refractivity contribution in [1.82, 2.24) is 24.6 Å². The number of amides is 1. The Labute approximate surface area is 204 Å². The van der Waals surface area contributed by atoms with Gasteiger partial charge in [0, 0.05) is 43.7 Å². The van der Waals surface area contributed by atoms with E-state index in [1.54, 1.807) is 42.3 Å². The average Bonchev–Trinajstić information content (AvgIpc) is 3.08. The minimum Gasteiger partial charge on any atom is -0.434 e. The molecule has 0 atom stereocenters. The first-order valence-corrected chi connectivity index (χ1v) is 11.4. The number of carbonyl (C=O) groups excluding carboxylic acids is 1. The molecule has 1 amide bonds. The summed E-state index contributed by atoms with van der Waals surface area (Å²) in [4.78, 5) is 35.4. The minimum absolute atomic E-state index is 0.0597. The van der Waals surface area contributed by atoms with E-state index in [9.17, 15) is 18.4 Å². The number of alkyl halides is 2. The summed E-state index contributed by atoms with van der Waals surface area (Å²) >= 11 is 0. The Kier molecular flexibility index (Phi) is 6.13. The highest BCUT2D eigenvalue weighted by molar-refractivity contribution is 5.86. The summed E-state index contributed by atoms with van der Waals surface area (Å²) in [5, 5.41) is 3.29. The number of hydrogen-bond donors (Lipinski definition) is 1. The number of ether oxygens (including phenoxy) is 1. The largest absolute Gasteiger partial charge is 0.434 e. The molecule has 1 aliphatic rings. The van der Waals surface area contributed by atoms with E-state index in [2.05, 4.69) is 20.0 Å². The second-order valence-corrected chi connectivity index (χ2v) is 8.60. The fraction of sp³-hybridized carbons (Fsp3) is 0.280. The zero-order valence-corrected chi connectivity index (χ0v) is 19.7. The summed E-state index contributed by atoms with van der Waals surface area (Å²) < 4.78 is 33.7. The molecule has 0 unspecified atom stereocenters. The number of para-hydroxylation sites is 1. The summed E-state index contributed by atoms with van der Waals surface area (Å²) in [6, 6.07) is 10.2. The maximum Gasteiger partial charge on any atom is 0.387 e. The maximum atomic E-state index is 13.0. The van der Waals surface area contributed by atoms with Gasteiger partial charge in [-0.1, -0.05) is 18.2 Å². The lowest BCUT2D eigenvalue weighted by atomic mass is 10.0. The van der Waals surface area contributed by atoms with Crippen molar-refractivity contribution in [2.24, 2.45) is 7.05 Å². The van der Waals surface area contributed by atoms with Crippen LogP contribution in [-0.4, -0.2) is 51.5 Å². The maximum absolute atomic E-state index is 13.0. The monoisotopic (exact) mass is 494 g/mol. The predicted molar refractivity (Wildman–Crippen MR) is 130 cm³/mol. The third kappa shape index (κ3) is 4.39. The van der Waals surface area contributed by atoms with E-state index < -0.39 is 6.61 Å². The van der Waals surface area contributed by atoms with Crippen LogP contribution in [0.25, 0.3) is 22.0 Å². The van der Waals surface area contributed by atoms with E-state index in [1.165, 1.54) is 10.7 Å². The third-order valence-corrected chi connectivity index (χ3v) is 6.29. The molecule has 0 radical (unpaired) electrons. The fourth-order valence-electron chi connectivity index (χ4n) is 4.47. The quantitative estimate of drug-likeness (QED) is 0.443. The molecule has 11 heteroatoms. The van der Waals surface area contributed by atoms with E-state index >= 15 is 0 Å². The van der Waals surface area contributed by atoms with Gasteiger partial charge in [-0.05, 0) is 36.2 Å².